The van der Waals surface area contributed by atoms with E-state index in [1.165, 1.54) is 12.1 Å². The van der Waals surface area contributed by atoms with Crippen molar-refractivity contribution in [1.29, 1.82) is 5.26 Å². The van der Waals surface area contributed by atoms with Crippen molar-refractivity contribution >= 4 is 0 Å². The maximum atomic E-state index is 13.5. The van der Waals surface area contributed by atoms with Crippen molar-refractivity contribution in [1.82, 2.24) is 0 Å². The quantitative estimate of drug-likeness (QED) is 0.623. The van der Waals surface area contributed by atoms with Crippen molar-refractivity contribution in [2.24, 2.45) is 0 Å². The zero-order valence-electron chi connectivity index (χ0n) is 12.4. The van der Waals surface area contributed by atoms with Crippen LogP contribution in [0.25, 0.3) is 0 Å². The van der Waals surface area contributed by atoms with Gasteiger partial charge in [0.2, 0.25) is 0 Å². The fraction of sp³-hybridized carbons (Fsp3) is 0.211. The van der Waals surface area contributed by atoms with E-state index < -0.39 is 5.82 Å². The summed E-state index contributed by atoms with van der Waals surface area (Å²) >= 11 is 0. The van der Waals surface area contributed by atoms with Crippen LogP contribution in [0.15, 0.2) is 42.5 Å². The molecule has 0 saturated carbocycles. The van der Waals surface area contributed by atoms with Gasteiger partial charge in [0.25, 0.3) is 0 Å². The maximum Gasteiger partial charge on any atom is 0.142 e. The summed E-state index contributed by atoms with van der Waals surface area (Å²) < 4.78 is 19.0. The smallest absolute Gasteiger partial charge is 0.142 e. The molecule has 0 fully saturated rings. The van der Waals surface area contributed by atoms with Crippen LogP contribution in [0.3, 0.4) is 0 Å². The van der Waals surface area contributed by atoms with Crippen molar-refractivity contribution in [2.75, 3.05) is 6.61 Å². The molecule has 0 bridgehead atoms. The van der Waals surface area contributed by atoms with Gasteiger partial charge in [-0.05, 0) is 48.9 Å². The largest absolute Gasteiger partial charge is 0.494 e. The first kappa shape index (κ1) is 15.6. The number of halogens is 1. The molecule has 22 heavy (non-hydrogen) atoms. The van der Waals surface area contributed by atoms with Crippen molar-refractivity contribution in [2.45, 2.75) is 19.8 Å². The van der Waals surface area contributed by atoms with Gasteiger partial charge < -0.3 is 4.74 Å². The number of ether oxygens (including phenoxy) is 1. The molecule has 0 radical (unpaired) electrons. The lowest BCUT2D eigenvalue weighted by atomic mass is 10.1. The fourth-order valence-corrected chi connectivity index (χ4v) is 1.80. The Kier molecular flexibility index (Phi) is 5.57. The second kappa shape index (κ2) is 7.86. The Morgan fingerprint density at radius 2 is 1.73 bits per heavy atom. The number of benzene rings is 2. The van der Waals surface area contributed by atoms with Crippen molar-refractivity contribution in [3.05, 3.63) is 65.0 Å². The van der Waals surface area contributed by atoms with E-state index in [0.29, 0.717) is 12.2 Å². The van der Waals surface area contributed by atoms with Crippen molar-refractivity contribution in [3.63, 3.8) is 0 Å². The molecule has 3 heteroatoms. The molecule has 0 heterocycles. The highest BCUT2D eigenvalue weighted by molar-refractivity contribution is 5.46. The van der Waals surface area contributed by atoms with Crippen LogP contribution in [0.5, 0.6) is 5.75 Å². The molecule has 0 aliphatic rings. The Morgan fingerprint density at radius 3 is 2.36 bits per heavy atom. The lowest BCUT2D eigenvalue weighted by molar-refractivity contribution is 0.309. The molecule has 2 nitrogen and oxygen atoms in total. The summed E-state index contributed by atoms with van der Waals surface area (Å²) in [6.45, 7) is 2.83. The molecule has 2 aromatic carbocycles. The minimum Gasteiger partial charge on any atom is -0.494 e. The molecule has 0 spiro atoms. The maximum absolute atomic E-state index is 13.5. The first-order valence-corrected chi connectivity index (χ1v) is 7.17. The summed E-state index contributed by atoms with van der Waals surface area (Å²) in [7, 11) is 0. The van der Waals surface area contributed by atoms with Crippen LogP contribution in [0.4, 0.5) is 4.39 Å². The summed E-state index contributed by atoms with van der Waals surface area (Å²) in [5.74, 6) is 6.12. The van der Waals surface area contributed by atoms with E-state index in [9.17, 15) is 4.39 Å². The first-order chi connectivity index (χ1) is 10.7. The van der Waals surface area contributed by atoms with E-state index in [0.717, 1.165) is 24.2 Å². The molecule has 0 aliphatic carbocycles. The summed E-state index contributed by atoms with van der Waals surface area (Å²) in [6.07, 6.45) is 2.14. The molecule has 110 valence electrons. The van der Waals surface area contributed by atoms with E-state index in [4.69, 9.17) is 10.00 Å². The van der Waals surface area contributed by atoms with E-state index >= 15 is 0 Å². The van der Waals surface area contributed by atoms with Gasteiger partial charge in [-0.25, -0.2) is 4.39 Å². The topological polar surface area (TPSA) is 33.0 Å². The third-order valence-electron chi connectivity index (χ3n) is 3.06. The van der Waals surface area contributed by atoms with Gasteiger partial charge in [-0.2, -0.15) is 5.26 Å². The molecule has 0 amide bonds. The number of nitriles is 1. The van der Waals surface area contributed by atoms with Gasteiger partial charge in [0.1, 0.15) is 17.6 Å². The predicted octanol–water partition coefficient (Wildman–Crippen LogP) is 4.28. The van der Waals surface area contributed by atoms with E-state index in [-0.39, 0.29) is 5.56 Å². The molecule has 0 N–H and O–H groups in total. The van der Waals surface area contributed by atoms with Crippen LogP contribution in [-0.4, -0.2) is 6.61 Å². The van der Waals surface area contributed by atoms with Crippen LogP contribution in [0.1, 0.15) is 36.5 Å². The van der Waals surface area contributed by atoms with Gasteiger partial charge in [-0.3, -0.25) is 0 Å². The zero-order chi connectivity index (χ0) is 15.8. The molecule has 0 saturated heterocycles. The standard InChI is InChI=1S/C19H16FNO/c1-2-3-12-22-18-10-7-15(8-11-18)4-5-16-6-9-17(14-21)19(20)13-16/h6-11,13H,2-3,12H2,1H3. The van der Waals surface area contributed by atoms with E-state index in [2.05, 4.69) is 18.8 Å². The Bertz CT molecular complexity index is 733. The van der Waals surface area contributed by atoms with Crippen LogP contribution < -0.4 is 4.74 Å². The monoisotopic (exact) mass is 293 g/mol. The number of hydrogen-bond donors (Lipinski definition) is 0. The second-order valence-electron chi connectivity index (χ2n) is 4.78. The van der Waals surface area contributed by atoms with Crippen molar-refractivity contribution < 1.29 is 9.13 Å². The van der Waals surface area contributed by atoms with Crippen LogP contribution in [-0.2, 0) is 0 Å². The van der Waals surface area contributed by atoms with Gasteiger partial charge in [0.05, 0.1) is 12.2 Å². The highest BCUT2D eigenvalue weighted by atomic mass is 19.1. The Morgan fingerprint density at radius 1 is 1.05 bits per heavy atom. The third kappa shape index (κ3) is 4.36. The zero-order valence-corrected chi connectivity index (χ0v) is 12.4. The summed E-state index contributed by atoms with van der Waals surface area (Å²) in [5, 5.41) is 8.68. The fourth-order valence-electron chi connectivity index (χ4n) is 1.80. The average Bonchev–Trinajstić information content (AvgIpc) is 2.54. The number of nitrogens with zero attached hydrogens (tertiary/aromatic N) is 1. The SMILES string of the molecule is CCCCOc1ccc(C#Cc2ccc(C#N)c(F)c2)cc1. The highest BCUT2D eigenvalue weighted by Gasteiger charge is 2.00. The normalized spacial score (nSPS) is 9.50. The summed E-state index contributed by atoms with van der Waals surface area (Å²) in [5.41, 5.74) is 1.39. The molecule has 0 aliphatic heterocycles. The number of unbranched alkanes of at least 4 members (excludes halogenated alkanes) is 1. The number of rotatable bonds is 4. The first-order valence-electron chi connectivity index (χ1n) is 7.17. The summed E-state index contributed by atoms with van der Waals surface area (Å²) in [4.78, 5) is 0. The molecule has 0 aromatic heterocycles. The van der Waals surface area contributed by atoms with E-state index in [1.807, 2.05) is 24.3 Å². The molecule has 0 unspecified atom stereocenters. The van der Waals surface area contributed by atoms with E-state index in [1.54, 1.807) is 12.1 Å². The Hall–Kier alpha value is -2.78. The van der Waals surface area contributed by atoms with Gasteiger partial charge in [-0.15, -0.1) is 0 Å². The van der Waals surface area contributed by atoms with Gasteiger partial charge in [0.15, 0.2) is 0 Å². The minimum atomic E-state index is -0.547. The molecule has 2 rings (SSSR count). The molecular formula is C19H16FNO. The Balaban J connectivity index is 2.05. The average molecular weight is 293 g/mol. The molecule has 0 atom stereocenters. The van der Waals surface area contributed by atoms with Gasteiger partial charge in [-0.1, -0.05) is 25.2 Å². The Labute approximate surface area is 130 Å². The predicted molar refractivity (Wildman–Crippen MR) is 83.9 cm³/mol. The summed E-state index contributed by atoms with van der Waals surface area (Å²) in [6, 6.07) is 13.6. The third-order valence-corrected chi connectivity index (χ3v) is 3.06. The molecule has 2 aromatic rings. The lowest BCUT2D eigenvalue weighted by Gasteiger charge is -2.04. The minimum absolute atomic E-state index is 0.0270. The van der Waals surface area contributed by atoms with Crippen LogP contribution in [0, 0.1) is 29.0 Å². The van der Waals surface area contributed by atoms with Gasteiger partial charge >= 0.3 is 0 Å². The lowest BCUT2D eigenvalue weighted by Crippen LogP contribution is -1.95. The van der Waals surface area contributed by atoms with Gasteiger partial charge in [0, 0.05) is 11.1 Å². The second-order valence-corrected chi connectivity index (χ2v) is 4.78. The molecular weight excluding hydrogens is 277 g/mol. The van der Waals surface area contributed by atoms with Crippen molar-refractivity contribution in [3.8, 4) is 23.7 Å². The highest BCUT2D eigenvalue weighted by Crippen LogP contribution is 2.13. The van der Waals surface area contributed by atoms with Crippen LogP contribution in [0.2, 0.25) is 0 Å². The van der Waals surface area contributed by atoms with Crippen LogP contribution >= 0.6 is 0 Å². The number of hydrogen-bond acceptors (Lipinski definition) is 2.